The van der Waals surface area contributed by atoms with Gasteiger partial charge in [-0.2, -0.15) is 4.31 Å². The van der Waals surface area contributed by atoms with Crippen LogP contribution in [-0.4, -0.2) is 71.1 Å². The number of hydrogen-bond donors (Lipinski definition) is 2. The molecule has 32 heavy (non-hydrogen) atoms. The van der Waals surface area contributed by atoms with Gasteiger partial charge in [-0.15, -0.1) is 0 Å². The number of sulfonamides is 1. The van der Waals surface area contributed by atoms with E-state index in [1.54, 1.807) is 31.4 Å². The molecule has 172 valence electrons. The molecule has 1 heterocycles. The molecule has 0 aliphatic carbocycles. The number of morpholine rings is 1. The van der Waals surface area contributed by atoms with Crippen molar-refractivity contribution in [1.29, 1.82) is 0 Å². The Balaban J connectivity index is 1.57. The topological polar surface area (TPSA) is 114 Å². The fourth-order valence-corrected chi connectivity index (χ4v) is 4.57. The number of anilines is 1. The molecule has 0 spiro atoms. The Morgan fingerprint density at radius 1 is 1.03 bits per heavy atom. The maximum Gasteiger partial charge on any atom is 0.255 e. The smallest absolute Gasteiger partial charge is 0.255 e. The van der Waals surface area contributed by atoms with Crippen LogP contribution in [0.25, 0.3) is 0 Å². The van der Waals surface area contributed by atoms with Crippen molar-refractivity contribution in [2.75, 3.05) is 51.9 Å². The number of carbonyl (C=O) groups excluding carboxylic acids is 2. The number of hydrogen-bond acceptors (Lipinski definition) is 6. The molecule has 0 unspecified atom stereocenters. The van der Waals surface area contributed by atoms with Crippen LogP contribution in [0.5, 0.6) is 0 Å². The summed E-state index contributed by atoms with van der Waals surface area (Å²) in [5.74, 6) is -0.462. The summed E-state index contributed by atoms with van der Waals surface area (Å²) in [5.41, 5.74) is 1.73. The third-order valence-corrected chi connectivity index (χ3v) is 6.84. The van der Waals surface area contributed by atoms with Crippen LogP contribution in [-0.2, 0) is 30.7 Å². The van der Waals surface area contributed by atoms with E-state index in [0.29, 0.717) is 50.7 Å². The van der Waals surface area contributed by atoms with Gasteiger partial charge in [0.1, 0.15) is 0 Å². The molecule has 2 aromatic rings. The molecule has 0 radical (unpaired) electrons. The number of carbonyl (C=O) groups is 2. The molecule has 2 aromatic carbocycles. The minimum atomic E-state index is -3.60. The second-order valence-corrected chi connectivity index (χ2v) is 9.15. The molecule has 0 bridgehead atoms. The molecule has 1 aliphatic heterocycles. The van der Waals surface area contributed by atoms with Gasteiger partial charge in [-0.1, -0.05) is 12.1 Å². The Morgan fingerprint density at radius 2 is 1.69 bits per heavy atom. The molecule has 1 aliphatic rings. The van der Waals surface area contributed by atoms with Crippen LogP contribution < -0.4 is 10.6 Å². The van der Waals surface area contributed by atoms with Gasteiger partial charge in [-0.3, -0.25) is 9.59 Å². The highest BCUT2D eigenvalue weighted by Crippen LogP contribution is 2.18. The number of benzene rings is 2. The zero-order valence-electron chi connectivity index (χ0n) is 17.9. The highest BCUT2D eigenvalue weighted by atomic mass is 32.2. The molecule has 2 N–H and O–H groups in total. The van der Waals surface area contributed by atoms with E-state index in [1.807, 2.05) is 0 Å². The van der Waals surface area contributed by atoms with Crippen molar-refractivity contribution in [2.24, 2.45) is 0 Å². The largest absolute Gasteiger partial charge is 0.383 e. The van der Waals surface area contributed by atoms with Gasteiger partial charge in [-0.05, 0) is 42.0 Å². The van der Waals surface area contributed by atoms with Gasteiger partial charge in [0.2, 0.25) is 15.9 Å². The van der Waals surface area contributed by atoms with E-state index < -0.39 is 10.0 Å². The Bertz CT molecular complexity index is 1020. The lowest BCUT2D eigenvalue weighted by Crippen LogP contribution is -2.40. The van der Waals surface area contributed by atoms with Crippen LogP contribution in [0.3, 0.4) is 0 Å². The Labute approximate surface area is 187 Å². The van der Waals surface area contributed by atoms with Gasteiger partial charge >= 0.3 is 0 Å². The fraction of sp³-hybridized carbons (Fsp3) is 0.364. The summed E-state index contributed by atoms with van der Waals surface area (Å²) >= 11 is 0. The number of nitrogens with one attached hydrogen (secondary N) is 2. The minimum Gasteiger partial charge on any atom is -0.383 e. The molecule has 3 rings (SSSR count). The van der Waals surface area contributed by atoms with E-state index in [2.05, 4.69) is 10.6 Å². The summed E-state index contributed by atoms with van der Waals surface area (Å²) < 4.78 is 36.8. The summed E-state index contributed by atoms with van der Waals surface area (Å²) in [6.45, 7) is 2.28. The summed E-state index contributed by atoms with van der Waals surface area (Å²) in [5, 5.41) is 5.52. The van der Waals surface area contributed by atoms with Crippen molar-refractivity contribution in [1.82, 2.24) is 9.62 Å². The zero-order valence-corrected chi connectivity index (χ0v) is 18.7. The quantitative estimate of drug-likeness (QED) is 0.544. The molecule has 0 saturated carbocycles. The predicted octanol–water partition coefficient (Wildman–Crippen LogP) is 1.26. The van der Waals surface area contributed by atoms with E-state index in [0.717, 1.165) is 5.56 Å². The lowest BCUT2D eigenvalue weighted by Gasteiger charge is -2.26. The first-order valence-electron chi connectivity index (χ1n) is 10.2. The average molecular weight is 462 g/mol. The number of rotatable bonds is 9. The average Bonchev–Trinajstić information content (AvgIpc) is 2.81. The lowest BCUT2D eigenvalue weighted by molar-refractivity contribution is -0.120. The third-order valence-electron chi connectivity index (χ3n) is 4.93. The number of ether oxygens (including phenoxy) is 2. The van der Waals surface area contributed by atoms with Crippen LogP contribution in [0, 0.1) is 0 Å². The maximum absolute atomic E-state index is 12.7. The van der Waals surface area contributed by atoms with Crippen molar-refractivity contribution < 1.29 is 27.5 Å². The molecule has 2 amide bonds. The Hall–Kier alpha value is -2.79. The highest BCUT2D eigenvalue weighted by Gasteiger charge is 2.26. The molecule has 1 saturated heterocycles. The molecule has 1 fully saturated rings. The molecule has 0 aromatic heterocycles. The second kappa shape index (κ2) is 11.2. The van der Waals surface area contributed by atoms with Crippen LogP contribution in [0.1, 0.15) is 15.9 Å². The van der Waals surface area contributed by atoms with Crippen molar-refractivity contribution in [3.63, 3.8) is 0 Å². The first-order chi connectivity index (χ1) is 15.4. The summed E-state index contributed by atoms with van der Waals surface area (Å²) in [6.07, 6.45) is 0.233. The van der Waals surface area contributed by atoms with E-state index in [1.165, 1.54) is 28.6 Å². The van der Waals surface area contributed by atoms with E-state index in [9.17, 15) is 18.0 Å². The summed E-state index contributed by atoms with van der Waals surface area (Å²) in [4.78, 5) is 24.5. The first kappa shape index (κ1) is 23.9. The van der Waals surface area contributed by atoms with Crippen molar-refractivity contribution in [3.05, 3.63) is 59.7 Å². The molecule has 9 nitrogen and oxygen atoms in total. The number of methoxy groups -OCH3 is 1. The number of amides is 2. The molecular formula is C22H27N3O6S. The van der Waals surface area contributed by atoms with E-state index >= 15 is 0 Å². The fourth-order valence-electron chi connectivity index (χ4n) is 3.16. The van der Waals surface area contributed by atoms with Crippen LogP contribution in [0.15, 0.2) is 53.4 Å². The Kier molecular flexibility index (Phi) is 8.34. The van der Waals surface area contributed by atoms with Gasteiger partial charge in [0.05, 0.1) is 31.1 Å². The van der Waals surface area contributed by atoms with Crippen LogP contribution >= 0.6 is 0 Å². The predicted molar refractivity (Wildman–Crippen MR) is 119 cm³/mol. The molecule has 0 atom stereocenters. The monoisotopic (exact) mass is 461 g/mol. The highest BCUT2D eigenvalue weighted by molar-refractivity contribution is 7.89. The molecular weight excluding hydrogens is 434 g/mol. The van der Waals surface area contributed by atoms with Crippen LogP contribution in [0.4, 0.5) is 5.69 Å². The van der Waals surface area contributed by atoms with Crippen LogP contribution in [0.2, 0.25) is 0 Å². The van der Waals surface area contributed by atoms with Gasteiger partial charge in [0, 0.05) is 38.0 Å². The second-order valence-electron chi connectivity index (χ2n) is 7.21. The maximum atomic E-state index is 12.7. The van der Waals surface area contributed by atoms with Gasteiger partial charge in [-0.25, -0.2) is 8.42 Å². The van der Waals surface area contributed by atoms with E-state index in [4.69, 9.17) is 9.47 Å². The third kappa shape index (κ3) is 6.36. The van der Waals surface area contributed by atoms with Gasteiger partial charge in [0.15, 0.2) is 0 Å². The minimum absolute atomic E-state index is 0.106. The van der Waals surface area contributed by atoms with E-state index in [-0.39, 0.29) is 23.1 Å². The van der Waals surface area contributed by atoms with Crippen molar-refractivity contribution in [2.45, 2.75) is 11.3 Å². The normalized spacial score (nSPS) is 14.7. The first-order valence-corrected chi connectivity index (χ1v) is 11.7. The number of nitrogens with zero attached hydrogens (tertiary/aromatic N) is 1. The van der Waals surface area contributed by atoms with Gasteiger partial charge < -0.3 is 20.1 Å². The lowest BCUT2D eigenvalue weighted by atomic mass is 10.1. The Morgan fingerprint density at radius 3 is 2.31 bits per heavy atom. The summed E-state index contributed by atoms with van der Waals surface area (Å²) in [7, 11) is -2.03. The van der Waals surface area contributed by atoms with Gasteiger partial charge in [0.25, 0.3) is 5.91 Å². The SMILES string of the molecule is COCCNC(=O)Cc1ccc(NC(=O)c2ccc(S(=O)(=O)N3CCOCC3)cc2)cc1. The summed E-state index contributed by atoms with van der Waals surface area (Å²) in [6, 6.07) is 12.8. The van der Waals surface area contributed by atoms with Crippen molar-refractivity contribution >= 4 is 27.5 Å². The zero-order chi connectivity index (χ0) is 23.0. The van der Waals surface area contributed by atoms with Crippen molar-refractivity contribution in [3.8, 4) is 0 Å². The standard InChI is InChI=1S/C22H27N3O6S/c1-30-13-10-23-21(26)16-17-2-6-19(7-3-17)24-22(27)18-4-8-20(9-5-18)32(28,29)25-11-14-31-15-12-25/h2-9H,10-16H2,1H3,(H,23,26)(H,24,27). The molecule has 10 heteroatoms.